The zero-order valence-corrected chi connectivity index (χ0v) is 12.8. The zero-order valence-electron chi connectivity index (χ0n) is 12.8. The van der Waals surface area contributed by atoms with E-state index in [1.165, 1.54) is 6.42 Å². The van der Waals surface area contributed by atoms with Crippen molar-refractivity contribution in [2.24, 2.45) is 11.1 Å². The Bertz CT molecular complexity index is 493. The number of benzene rings is 1. The SMILES string of the molecule is COc1ccc(OC)c(CNC(=O)CC2(CN)CCC2)c1. The molecular weight excluding hydrogens is 268 g/mol. The van der Waals surface area contributed by atoms with E-state index in [1.54, 1.807) is 14.2 Å². The lowest BCUT2D eigenvalue weighted by molar-refractivity contribution is -0.124. The zero-order chi connectivity index (χ0) is 15.3. The third-order valence-electron chi connectivity index (χ3n) is 4.35. The van der Waals surface area contributed by atoms with Gasteiger partial charge in [-0.1, -0.05) is 6.42 Å². The summed E-state index contributed by atoms with van der Waals surface area (Å²) >= 11 is 0. The fourth-order valence-corrected chi connectivity index (χ4v) is 2.75. The Balaban J connectivity index is 1.94. The molecule has 2 rings (SSSR count). The van der Waals surface area contributed by atoms with Gasteiger partial charge in [0.15, 0.2) is 0 Å². The minimum Gasteiger partial charge on any atom is -0.497 e. The van der Waals surface area contributed by atoms with Crippen LogP contribution in [-0.4, -0.2) is 26.7 Å². The monoisotopic (exact) mass is 292 g/mol. The van der Waals surface area contributed by atoms with Crippen LogP contribution in [0.25, 0.3) is 0 Å². The summed E-state index contributed by atoms with van der Waals surface area (Å²) in [4.78, 5) is 12.1. The normalized spacial score (nSPS) is 16.0. The number of methoxy groups -OCH3 is 2. The lowest BCUT2D eigenvalue weighted by Gasteiger charge is -2.40. The predicted octanol–water partition coefficient (Wildman–Crippen LogP) is 1.84. The molecule has 0 bridgehead atoms. The number of ether oxygens (including phenoxy) is 2. The van der Waals surface area contributed by atoms with Gasteiger partial charge in [0.2, 0.25) is 5.91 Å². The molecule has 0 saturated heterocycles. The maximum atomic E-state index is 12.1. The number of hydrogen-bond acceptors (Lipinski definition) is 4. The smallest absolute Gasteiger partial charge is 0.220 e. The van der Waals surface area contributed by atoms with Crippen LogP contribution in [0, 0.1) is 5.41 Å². The minimum absolute atomic E-state index is 0.0303. The van der Waals surface area contributed by atoms with Crippen LogP contribution in [0.5, 0.6) is 11.5 Å². The first-order valence-electron chi connectivity index (χ1n) is 7.30. The van der Waals surface area contributed by atoms with Crippen molar-refractivity contribution in [3.05, 3.63) is 23.8 Å². The van der Waals surface area contributed by atoms with Gasteiger partial charge in [-0.25, -0.2) is 0 Å². The summed E-state index contributed by atoms with van der Waals surface area (Å²) in [5.74, 6) is 1.54. The fraction of sp³-hybridized carbons (Fsp3) is 0.562. The van der Waals surface area contributed by atoms with Gasteiger partial charge in [-0.2, -0.15) is 0 Å². The van der Waals surface area contributed by atoms with Gasteiger partial charge in [0.05, 0.1) is 14.2 Å². The third kappa shape index (κ3) is 3.67. The first-order valence-corrected chi connectivity index (χ1v) is 7.30. The fourth-order valence-electron chi connectivity index (χ4n) is 2.75. The average Bonchev–Trinajstić information content (AvgIpc) is 2.48. The first-order chi connectivity index (χ1) is 10.1. The molecule has 0 heterocycles. The van der Waals surface area contributed by atoms with Gasteiger partial charge >= 0.3 is 0 Å². The van der Waals surface area contributed by atoms with E-state index in [4.69, 9.17) is 15.2 Å². The molecule has 1 aliphatic rings. The predicted molar refractivity (Wildman–Crippen MR) is 81.3 cm³/mol. The van der Waals surface area contributed by atoms with Crippen LogP contribution in [0.3, 0.4) is 0 Å². The van der Waals surface area contributed by atoms with Crippen LogP contribution in [-0.2, 0) is 11.3 Å². The molecule has 21 heavy (non-hydrogen) atoms. The lowest BCUT2D eigenvalue weighted by atomic mass is 9.66. The third-order valence-corrected chi connectivity index (χ3v) is 4.35. The molecule has 0 radical (unpaired) electrons. The first kappa shape index (κ1) is 15.6. The van der Waals surface area contributed by atoms with E-state index in [9.17, 15) is 4.79 Å². The summed E-state index contributed by atoms with van der Waals surface area (Å²) < 4.78 is 10.5. The van der Waals surface area contributed by atoms with Gasteiger partial charge in [-0.3, -0.25) is 4.79 Å². The molecular formula is C16H24N2O3. The highest BCUT2D eigenvalue weighted by atomic mass is 16.5. The van der Waals surface area contributed by atoms with Crippen molar-refractivity contribution in [1.29, 1.82) is 0 Å². The summed E-state index contributed by atoms with van der Waals surface area (Å²) in [6.45, 7) is 1.02. The summed E-state index contributed by atoms with van der Waals surface area (Å²) in [6, 6.07) is 5.55. The summed E-state index contributed by atoms with van der Waals surface area (Å²) in [5, 5.41) is 2.95. The molecule has 1 fully saturated rings. The van der Waals surface area contributed by atoms with Gasteiger partial charge < -0.3 is 20.5 Å². The molecule has 5 nitrogen and oxygen atoms in total. The van der Waals surface area contributed by atoms with E-state index < -0.39 is 0 Å². The number of rotatable bonds is 7. The summed E-state index contributed by atoms with van der Waals surface area (Å²) in [5.41, 5.74) is 6.73. The van der Waals surface area contributed by atoms with Crippen molar-refractivity contribution in [3.63, 3.8) is 0 Å². The van der Waals surface area contributed by atoms with Gasteiger partial charge in [-0.15, -0.1) is 0 Å². The molecule has 116 valence electrons. The van der Waals surface area contributed by atoms with Crippen LogP contribution in [0.15, 0.2) is 18.2 Å². The Kier molecular flexibility index (Phi) is 5.07. The molecule has 0 aromatic heterocycles. The highest BCUT2D eigenvalue weighted by Crippen LogP contribution is 2.42. The second-order valence-electron chi connectivity index (χ2n) is 5.69. The van der Waals surface area contributed by atoms with Crippen LogP contribution in [0.4, 0.5) is 0 Å². The maximum absolute atomic E-state index is 12.1. The summed E-state index contributed by atoms with van der Waals surface area (Å²) in [7, 11) is 3.23. The highest BCUT2D eigenvalue weighted by molar-refractivity contribution is 5.77. The standard InChI is InChI=1S/C16H24N2O3/c1-20-13-4-5-14(21-2)12(8-13)10-18-15(19)9-16(11-17)6-3-7-16/h4-5,8H,3,6-7,9-11,17H2,1-2H3,(H,18,19). The number of carbonyl (C=O) groups excluding carboxylic acids is 1. The van der Waals surface area contributed by atoms with Crippen LogP contribution in [0.1, 0.15) is 31.2 Å². The van der Waals surface area contributed by atoms with E-state index in [-0.39, 0.29) is 11.3 Å². The lowest BCUT2D eigenvalue weighted by Crippen LogP contribution is -2.41. The van der Waals surface area contributed by atoms with E-state index in [0.717, 1.165) is 29.9 Å². The van der Waals surface area contributed by atoms with Crippen molar-refractivity contribution in [3.8, 4) is 11.5 Å². The van der Waals surface area contributed by atoms with Crippen LogP contribution >= 0.6 is 0 Å². The van der Waals surface area contributed by atoms with E-state index in [2.05, 4.69) is 5.32 Å². The molecule has 0 atom stereocenters. The number of amides is 1. The molecule has 1 saturated carbocycles. The Morgan fingerprint density at radius 1 is 1.33 bits per heavy atom. The quantitative estimate of drug-likeness (QED) is 0.804. The molecule has 1 aromatic rings. The van der Waals surface area contributed by atoms with E-state index in [1.807, 2.05) is 18.2 Å². The Morgan fingerprint density at radius 2 is 2.10 bits per heavy atom. The summed E-state index contributed by atoms with van der Waals surface area (Å²) in [6.07, 6.45) is 3.79. The molecule has 0 unspecified atom stereocenters. The maximum Gasteiger partial charge on any atom is 0.220 e. The number of nitrogens with one attached hydrogen (secondary N) is 1. The molecule has 0 spiro atoms. The minimum atomic E-state index is 0.0303. The van der Waals surface area contributed by atoms with Gasteiger partial charge in [0.25, 0.3) is 0 Å². The van der Waals surface area contributed by atoms with Crippen molar-refractivity contribution in [2.45, 2.75) is 32.2 Å². The Morgan fingerprint density at radius 3 is 2.62 bits per heavy atom. The van der Waals surface area contributed by atoms with Crippen LogP contribution in [0.2, 0.25) is 0 Å². The van der Waals surface area contributed by atoms with Crippen molar-refractivity contribution in [2.75, 3.05) is 20.8 Å². The largest absolute Gasteiger partial charge is 0.497 e. The number of nitrogens with two attached hydrogens (primary N) is 1. The molecule has 1 aliphatic carbocycles. The van der Waals surface area contributed by atoms with Gasteiger partial charge in [0, 0.05) is 18.5 Å². The number of carbonyl (C=O) groups is 1. The highest BCUT2D eigenvalue weighted by Gasteiger charge is 2.37. The molecule has 3 N–H and O–H groups in total. The average molecular weight is 292 g/mol. The van der Waals surface area contributed by atoms with E-state index >= 15 is 0 Å². The molecule has 5 heteroatoms. The molecule has 1 aromatic carbocycles. The van der Waals surface area contributed by atoms with Crippen molar-refractivity contribution in [1.82, 2.24) is 5.32 Å². The number of hydrogen-bond donors (Lipinski definition) is 2. The molecule has 1 amide bonds. The van der Waals surface area contributed by atoms with E-state index in [0.29, 0.717) is 19.5 Å². The molecule has 0 aliphatic heterocycles. The van der Waals surface area contributed by atoms with Crippen molar-refractivity contribution >= 4 is 5.91 Å². The van der Waals surface area contributed by atoms with Crippen LogP contribution < -0.4 is 20.5 Å². The van der Waals surface area contributed by atoms with Gasteiger partial charge in [-0.05, 0) is 43.0 Å². The van der Waals surface area contributed by atoms with Gasteiger partial charge in [0.1, 0.15) is 11.5 Å². The Hall–Kier alpha value is -1.75. The topological polar surface area (TPSA) is 73.6 Å². The Labute approximate surface area is 125 Å². The second-order valence-corrected chi connectivity index (χ2v) is 5.69. The second kappa shape index (κ2) is 6.80. The van der Waals surface area contributed by atoms with Crippen molar-refractivity contribution < 1.29 is 14.3 Å².